The van der Waals surface area contributed by atoms with Gasteiger partial charge in [0.25, 0.3) is 0 Å². The van der Waals surface area contributed by atoms with Crippen molar-refractivity contribution in [1.29, 1.82) is 0 Å². The summed E-state index contributed by atoms with van der Waals surface area (Å²) in [6, 6.07) is 11.4. The Labute approximate surface area is 162 Å². The molecule has 0 bridgehead atoms. The third-order valence-corrected chi connectivity index (χ3v) is 4.20. The first-order valence-electron chi connectivity index (χ1n) is 8.29. The lowest BCUT2D eigenvalue weighted by atomic mass is 10.1. The fourth-order valence-electron chi connectivity index (χ4n) is 2.42. The van der Waals surface area contributed by atoms with Crippen molar-refractivity contribution in [3.05, 3.63) is 58.6 Å². The molecule has 6 nitrogen and oxygen atoms in total. The molecule has 0 aromatic heterocycles. The van der Waals surface area contributed by atoms with Gasteiger partial charge in [0.2, 0.25) is 5.91 Å². The Balaban J connectivity index is 1.85. The molecule has 0 heterocycles. The molecule has 0 fully saturated rings. The largest absolute Gasteiger partial charge is 0.497 e. The van der Waals surface area contributed by atoms with Gasteiger partial charge >= 0.3 is 5.97 Å². The minimum Gasteiger partial charge on any atom is -0.497 e. The number of hydrogen-bond acceptors (Lipinski definition) is 5. The maximum absolute atomic E-state index is 12.1. The number of carbonyl (C=O) groups excluding carboxylic acids is 3. The minimum absolute atomic E-state index is 0.0371. The lowest BCUT2D eigenvalue weighted by Gasteiger charge is -2.08. The summed E-state index contributed by atoms with van der Waals surface area (Å²) >= 11 is 5.94. The summed E-state index contributed by atoms with van der Waals surface area (Å²) in [6.07, 6.45) is 0.847. The van der Waals surface area contributed by atoms with Crippen molar-refractivity contribution in [2.24, 2.45) is 0 Å². The Hall–Kier alpha value is -2.86. The third kappa shape index (κ3) is 5.82. The van der Waals surface area contributed by atoms with Crippen LogP contribution in [-0.2, 0) is 9.53 Å². The second-order valence-electron chi connectivity index (χ2n) is 5.74. The van der Waals surface area contributed by atoms with Crippen LogP contribution in [0.2, 0.25) is 5.02 Å². The van der Waals surface area contributed by atoms with Crippen molar-refractivity contribution in [1.82, 2.24) is 0 Å². The summed E-state index contributed by atoms with van der Waals surface area (Å²) in [5, 5.41) is 2.92. The van der Waals surface area contributed by atoms with Crippen LogP contribution >= 0.6 is 11.6 Å². The monoisotopic (exact) mass is 389 g/mol. The number of benzene rings is 2. The molecule has 7 heteroatoms. The number of halogens is 1. The minimum atomic E-state index is -0.582. The van der Waals surface area contributed by atoms with Crippen molar-refractivity contribution in [2.45, 2.75) is 19.3 Å². The number of methoxy groups -OCH3 is 2. The first-order valence-corrected chi connectivity index (χ1v) is 8.67. The number of anilines is 1. The van der Waals surface area contributed by atoms with Crippen LogP contribution in [0, 0.1) is 0 Å². The van der Waals surface area contributed by atoms with Crippen molar-refractivity contribution < 1.29 is 23.9 Å². The van der Waals surface area contributed by atoms with E-state index in [-0.39, 0.29) is 35.1 Å². The fourth-order valence-corrected chi connectivity index (χ4v) is 2.62. The Kier molecular flexibility index (Phi) is 7.37. The molecule has 0 unspecified atom stereocenters. The summed E-state index contributed by atoms with van der Waals surface area (Å²) in [4.78, 5) is 35.8. The zero-order valence-electron chi connectivity index (χ0n) is 15.1. The molecule has 0 aliphatic carbocycles. The summed E-state index contributed by atoms with van der Waals surface area (Å²) in [5.41, 5.74) is 1.19. The van der Waals surface area contributed by atoms with E-state index in [1.165, 1.54) is 19.2 Å². The van der Waals surface area contributed by atoms with Gasteiger partial charge < -0.3 is 14.8 Å². The SMILES string of the molecule is COC(=O)c1cc(NC(=O)CCCC(=O)c2ccc(OC)cc2)ccc1Cl. The van der Waals surface area contributed by atoms with Gasteiger partial charge in [0.05, 0.1) is 24.8 Å². The third-order valence-electron chi connectivity index (χ3n) is 3.88. The van der Waals surface area contributed by atoms with E-state index in [1.807, 2.05) is 0 Å². The molecule has 0 saturated heterocycles. The average Bonchev–Trinajstić information content (AvgIpc) is 2.68. The van der Waals surface area contributed by atoms with Crippen LogP contribution in [0.15, 0.2) is 42.5 Å². The van der Waals surface area contributed by atoms with E-state index >= 15 is 0 Å². The van der Waals surface area contributed by atoms with Gasteiger partial charge in [-0.3, -0.25) is 9.59 Å². The molecule has 142 valence electrons. The van der Waals surface area contributed by atoms with Gasteiger partial charge in [0, 0.05) is 24.1 Å². The predicted molar refractivity (Wildman–Crippen MR) is 103 cm³/mol. The van der Waals surface area contributed by atoms with E-state index in [4.69, 9.17) is 16.3 Å². The lowest BCUT2D eigenvalue weighted by molar-refractivity contribution is -0.116. The number of Topliss-reactive ketones (excluding diaryl/α,β-unsaturated/α-hetero) is 1. The Morgan fingerprint density at radius 3 is 2.33 bits per heavy atom. The number of esters is 1. The van der Waals surface area contributed by atoms with E-state index in [1.54, 1.807) is 37.4 Å². The van der Waals surface area contributed by atoms with Crippen molar-refractivity contribution in [3.63, 3.8) is 0 Å². The first-order chi connectivity index (χ1) is 12.9. The molecular weight excluding hydrogens is 370 g/mol. The Morgan fingerprint density at radius 2 is 1.70 bits per heavy atom. The Morgan fingerprint density at radius 1 is 1.00 bits per heavy atom. The summed E-state index contributed by atoms with van der Waals surface area (Å²) < 4.78 is 9.70. The van der Waals surface area contributed by atoms with Gasteiger partial charge in [-0.25, -0.2) is 4.79 Å². The van der Waals surface area contributed by atoms with Gasteiger partial charge in [-0.15, -0.1) is 0 Å². The normalized spacial score (nSPS) is 10.2. The van der Waals surface area contributed by atoms with Crippen molar-refractivity contribution >= 4 is 34.9 Å². The number of hydrogen-bond donors (Lipinski definition) is 1. The van der Waals surface area contributed by atoms with Crippen LogP contribution in [-0.4, -0.2) is 31.9 Å². The molecule has 0 saturated carbocycles. The molecule has 0 atom stereocenters. The zero-order valence-corrected chi connectivity index (χ0v) is 15.8. The number of ether oxygens (including phenoxy) is 2. The highest BCUT2D eigenvalue weighted by Crippen LogP contribution is 2.22. The number of amides is 1. The standard InChI is InChI=1S/C20H20ClNO5/c1-26-15-9-6-13(7-10-15)18(23)4-3-5-19(24)22-14-8-11-17(21)16(12-14)20(25)27-2/h6-12H,3-5H2,1-2H3,(H,22,24). The van der Waals surface area contributed by atoms with Crippen LogP contribution in [0.1, 0.15) is 40.0 Å². The quantitative estimate of drug-likeness (QED) is 0.542. The molecule has 1 amide bonds. The van der Waals surface area contributed by atoms with Crippen LogP contribution in [0.4, 0.5) is 5.69 Å². The van der Waals surface area contributed by atoms with Gasteiger partial charge in [-0.05, 0) is 48.9 Å². The topological polar surface area (TPSA) is 81.7 Å². The number of nitrogens with one attached hydrogen (secondary N) is 1. The summed E-state index contributed by atoms with van der Waals surface area (Å²) in [7, 11) is 2.81. The fraction of sp³-hybridized carbons (Fsp3) is 0.250. The van der Waals surface area contributed by atoms with Crippen molar-refractivity contribution in [3.8, 4) is 5.75 Å². The molecule has 0 spiro atoms. The highest BCUT2D eigenvalue weighted by molar-refractivity contribution is 6.33. The van der Waals surface area contributed by atoms with Gasteiger partial charge in [0.1, 0.15) is 5.75 Å². The molecule has 2 rings (SSSR count). The van der Waals surface area contributed by atoms with E-state index in [0.29, 0.717) is 23.4 Å². The molecule has 2 aromatic carbocycles. The maximum atomic E-state index is 12.1. The average molecular weight is 390 g/mol. The summed E-state index contributed by atoms with van der Waals surface area (Å²) in [5.74, 6) is -0.193. The smallest absolute Gasteiger partial charge is 0.339 e. The van der Waals surface area contributed by atoms with Crippen LogP contribution in [0.5, 0.6) is 5.75 Å². The molecule has 0 aliphatic heterocycles. The van der Waals surface area contributed by atoms with Gasteiger partial charge in [0.15, 0.2) is 5.78 Å². The number of carbonyl (C=O) groups is 3. The van der Waals surface area contributed by atoms with Crippen LogP contribution in [0.3, 0.4) is 0 Å². The van der Waals surface area contributed by atoms with Crippen molar-refractivity contribution in [2.75, 3.05) is 19.5 Å². The zero-order chi connectivity index (χ0) is 19.8. The van der Waals surface area contributed by atoms with Gasteiger partial charge in [-0.2, -0.15) is 0 Å². The molecule has 2 aromatic rings. The van der Waals surface area contributed by atoms with E-state index in [9.17, 15) is 14.4 Å². The van der Waals surface area contributed by atoms with Gasteiger partial charge in [-0.1, -0.05) is 11.6 Å². The van der Waals surface area contributed by atoms with E-state index in [0.717, 1.165) is 0 Å². The maximum Gasteiger partial charge on any atom is 0.339 e. The van der Waals surface area contributed by atoms with Crippen LogP contribution < -0.4 is 10.1 Å². The Bertz CT molecular complexity index is 833. The predicted octanol–water partition coefficient (Wildman–Crippen LogP) is 4.13. The second kappa shape index (κ2) is 9.73. The van der Waals surface area contributed by atoms with E-state index < -0.39 is 5.97 Å². The number of ketones is 1. The van der Waals surface area contributed by atoms with Crippen LogP contribution in [0.25, 0.3) is 0 Å². The summed E-state index contributed by atoms with van der Waals surface area (Å²) in [6.45, 7) is 0. The molecule has 27 heavy (non-hydrogen) atoms. The highest BCUT2D eigenvalue weighted by Gasteiger charge is 2.13. The second-order valence-corrected chi connectivity index (χ2v) is 6.15. The molecular formula is C20H20ClNO5. The lowest BCUT2D eigenvalue weighted by Crippen LogP contribution is -2.13. The first kappa shape index (κ1) is 20.5. The number of rotatable bonds is 8. The molecule has 0 aliphatic rings. The highest BCUT2D eigenvalue weighted by atomic mass is 35.5. The molecule has 0 radical (unpaired) electrons. The van der Waals surface area contributed by atoms with E-state index in [2.05, 4.69) is 10.1 Å². The molecule has 1 N–H and O–H groups in total.